The molecule has 150 valence electrons. The highest BCUT2D eigenvalue weighted by Crippen LogP contribution is 2.19. The van der Waals surface area contributed by atoms with E-state index < -0.39 is 6.10 Å². The van der Waals surface area contributed by atoms with Gasteiger partial charge in [-0.25, -0.2) is 0 Å². The number of hydrogen-bond acceptors (Lipinski definition) is 4. The molecule has 1 heterocycles. The smallest absolute Gasteiger partial charge is 0.228 e. The number of ether oxygens (including phenoxy) is 1. The number of carbonyl (C=O) groups excluding carboxylic acids is 1. The molecule has 28 heavy (non-hydrogen) atoms. The number of benzene rings is 2. The summed E-state index contributed by atoms with van der Waals surface area (Å²) in [6, 6.07) is 17.0. The Morgan fingerprint density at radius 1 is 1.21 bits per heavy atom. The van der Waals surface area contributed by atoms with Gasteiger partial charge in [-0.3, -0.25) is 9.69 Å². The van der Waals surface area contributed by atoms with Crippen LogP contribution < -0.4 is 5.32 Å². The SMILES string of the molecule is O=C(Nc1ccccc1)[C@H]1CCCN(C[C@@H](O)COCc2ccccc2Cl)C1. The molecule has 0 radical (unpaired) electrons. The van der Waals surface area contributed by atoms with Gasteiger partial charge < -0.3 is 15.2 Å². The molecule has 3 rings (SSSR count). The van der Waals surface area contributed by atoms with Crippen LogP contribution in [-0.2, 0) is 16.1 Å². The van der Waals surface area contributed by atoms with Crippen molar-refractivity contribution in [2.75, 3.05) is 31.6 Å². The van der Waals surface area contributed by atoms with Crippen LogP contribution >= 0.6 is 11.6 Å². The van der Waals surface area contributed by atoms with E-state index in [0.29, 0.717) is 24.7 Å². The number of aliphatic hydroxyl groups excluding tert-OH is 1. The van der Waals surface area contributed by atoms with Gasteiger partial charge in [-0.2, -0.15) is 0 Å². The van der Waals surface area contributed by atoms with E-state index >= 15 is 0 Å². The third-order valence-electron chi connectivity index (χ3n) is 4.91. The zero-order valence-electron chi connectivity index (χ0n) is 15.9. The summed E-state index contributed by atoms with van der Waals surface area (Å²) in [6.07, 6.45) is 1.22. The minimum Gasteiger partial charge on any atom is -0.389 e. The van der Waals surface area contributed by atoms with E-state index in [4.69, 9.17) is 16.3 Å². The van der Waals surface area contributed by atoms with Gasteiger partial charge in [0, 0.05) is 23.8 Å². The normalized spacial score (nSPS) is 18.6. The summed E-state index contributed by atoms with van der Waals surface area (Å²) in [5, 5.41) is 14.0. The zero-order chi connectivity index (χ0) is 19.8. The number of likely N-dealkylation sites (tertiary alicyclic amines) is 1. The van der Waals surface area contributed by atoms with Crippen molar-refractivity contribution in [3.05, 3.63) is 65.2 Å². The number of hydrogen-bond donors (Lipinski definition) is 2. The maximum absolute atomic E-state index is 12.5. The van der Waals surface area contributed by atoms with E-state index in [-0.39, 0.29) is 18.4 Å². The molecule has 0 bridgehead atoms. The Morgan fingerprint density at radius 3 is 2.75 bits per heavy atom. The van der Waals surface area contributed by atoms with Crippen LogP contribution in [0, 0.1) is 5.92 Å². The summed E-state index contributed by atoms with van der Waals surface area (Å²) >= 11 is 6.11. The molecule has 2 aromatic rings. The van der Waals surface area contributed by atoms with Gasteiger partial charge in [-0.1, -0.05) is 48.0 Å². The van der Waals surface area contributed by atoms with Gasteiger partial charge in [0.2, 0.25) is 5.91 Å². The molecular weight excluding hydrogens is 376 g/mol. The fourth-order valence-electron chi connectivity index (χ4n) is 3.47. The first-order valence-corrected chi connectivity index (χ1v) is 10.1. The highest BCUT2D eigenvalue weighted by Gasteiger charge is 2.27. The number of aliphatic hydroxyl groups is 1. The lowest BCUT2D eigenvalue weighted by Crippen LogP contribution is -2.44. The lowest BCUT2D eigenvalue weighted by Gasteiger charge is -2.33. The molecule has 1 amide bonds. The zero-order valence-corrected chi connectivity index (χ0v) is 16.6. The van der Waals surface area contributed by atoms with Crippen molar-refractivity contribution in [1.29, 1.82) is 0 Å². The predicted octanol–water partition coefficient (Wildman–Crippen LogP) is 3.57. The number of piperidine rings is 1. The molecule has 0 spiro atoms. The molecule has 0 aromatic heterocycles. The number of para-hydroxylation sites is 1. The first kappa shape index (κ1) is 20.8. The second-order valence-electron chi connectivity index (χ2n) is 7.21. The van der Waals surface area contributed by atoms with Gasteiger partial charge in [0.25, 0.3) is 0 Å². The van der Waals surface area contributed by atoms with Crippen molar-refractivity contribution in [2.45, 2.75) is 25.6 Å². The molecule has 1 aliphatic rings. The Morgan fingerprint density at radius 2 is 1.96 bits per heavy atom. The van der Waals surface area contributed by atoms with E-state index in [2.05, 4.69) is 10.2 Å². The van der Waals surface area contributed by atoms with E-state index in [0.717, 1.165) is 30.6 Å². The van der Waals surface area contributed by atoms with Gasteiger partial charge in [-0.15, -0.1) is 0 Å². The van der Waals surface area contributed by atoms with Gasteiger partial charge >= 0.3 is 0 Å². The first-order valence-electron chi connectivity index (χ1n) is 9.69. The fourth-order valence-corrected chi connectivity index (χ4v) is 3.66. The number of halogens is 1. The van der Waals surface area contributed by atoms with Crippen LogP contribution in [0.5, 0.6) is 0 Å². The van der Waals surface area contributed by atoms with Crippen LogP contribution in [0.4, 0.5) is 5.69 Å². The van der Waals surface area contributed by atoms with Gasteiger partial charge in [0.05, 0.1) is 25.2 Å². The van der Waals surface area contributed by atoms with E-state index in [1.807, 2.05) is 54.6 Å². The predicted molar refractivity (Wildman–Crippen MR) is 111 cm³/mol. The number of β-amino-alcohol motifs (C(OH)–C–C–N with tert-alkyl or cyclic N) is 1. The lowest BCUT2D eigenvalue weighted by atomic mass is 9.96. The Kier molecular flexibility index (Phi) is 7.86. The second kappa shape index (κ2) is 10.6. The summed E-state index contributed by atoms with van der Waals surface area (Å²) in [5.74, 6) is -0.0226. The molecule has 0 saturated carbocycles. The van der Waals surface area contributed by atoms with Gasteiger partial charge in [0.15, 0.2) is 0 Å². The lowest BCUT2D eigenvalue weighted by molar-refractivity contribution is -0.121. The van der Waals surface area contributed by atoms with E-state index in [1.54, 1.807) is 0 Å². The second-order valence-corrected chi connectivity index (χ2v) is 7.62. The molecule has 0 aliphatic carbocycles. The van der Waals surface area contributed by atoms with Crippen molar-refractivity contribution >= 4 is 23.2 Å². The minimum absolute atomic E-state index is 0.0420. The van der Waals surface area contributed by atoms with Crippen LogP contribution in [-0.4, -0.2) is 48.3 Å². The number of amides is 1. The topological polar surface area (TPSA) is 61.8 Å². The molecular formula is C22H27ClN2O3. The third kappa shape index (κ3) is 6.31. The highest BCUT2D eigenvalue weighted by molar-refractivity contribution is 6.31. The quantitative estimate of drug-likeness (QED) is 0.708. The molecule has 0 unspecified atom stereocenters. The fraction of sp³-hybridized carbons (Fsp3) is 0.409. The van der Waals surface area contributed by atoms with Crippen LogP contribution in [0.2, 0.25) is 5.02 Å². The monoisotopic (exact) mass is 402 g/mol. The van der Waals surface area contributed by atoms with Gasteiger partial charge in [-0.05, 0) is 43.1 Å². The number of anilines is 1. The van der Waals surface area contributed by atoms with Gasteiger partial charge in [0.1, 0.15) is 0 Å². The maximum Gasteiger partial charge on any atom is 0.228 e. The van der Waals surface area contributed by atoms with Crippen molar-refractivity contribution in [3.63, 3.8) is 0 Å². The van der Waals surface area contributed by atoms with Crippen molar-refractivity contribution in [3.8, 4) is 0 Å². The van der Waals surface area contributed by atoms with Crippen LogP contribution in [0.3, 0.4) is 0 Å². The summed E-state index contributed by atoms with van der Waals surface area (Å²) < 4.78 is 5.62. The summed E-state index contributed by atoms with van der Waals surface area (Å²) in [4.78, 5) is 14.7. The van der Waals surface area contributed by atoms with Crippen molar-refractivity contribution < 1.29 is 14.6 Å². The molecule has 2 N–H and O–H groups in total. The molecule has 5 nitrogen and oxygen atoms in total. The third-order valence-corrected chi connectivity index (χ3v) is 5.28. The molecule has 1 aliphatic heterocycles. The molecule has 1 fully saturated rings. The summed E-state index contributed by atoms with van der Waals surface area (Å²) in [6.45, 7) is 2.65. The summed E-state index contributed by atoms with van der Waals surface area (Å²) in [7, 11) is 0. The van der Waals surface area contributed by atoms with Crippen LogP contribution in [0.15, 0.2) is 54.6 Å². The Labute approximate surface area is 171 Å². The van der Waals surface area contributed by atoms with Crippen molar-refractivity contribution in [1.82, 2.24) is 4.90 Å². The molecule has 6 heteroatoms. The largest absolute Gasteiger partial charge is 0.389 e. The van der Waals surface area contributed by atoms with Crippen LogP contribution in [0.1, 0.15) is 18.4 Å². The maximum atomic E-state index is 12.5. The standard InChI is InChI=1S/C22H27ClN2O3/c23-21-11-5-4-7-18(21)15-28-16-20(26)14-25-12-6-8-17(13-25)22(27)24-19-9-2-1-3-10-19/h1-5,7,9-11,17,20,26H,6,8,12-16H2,(H,24,27)/t17-,20+/m0/s1. The van der Waals surface area contributed by atoms with Crippen molar-refractivity contribution in [2.24, 2.45) is 5.92 Å². The number of nitrogens with zero attached hydrogens (tertiary/aromatic N) is 1. The number of nitrogens with one attached hydrogen (secondary N) is 1. The average Bonchev–Trinajstić information content (AvgIpc) is 2.70. The Hall–Kier alpha value is -1.92. The summed E-state index contributed by atoms with van der Waals surface area (Å²) in [5.41, 5.74) is 1.73. The Balaban J connectivity index is 1.41. The Bertz CT molecular complexity index is 756. The molecule has 2 aromatic carbocycles. The number of rotatable bonds is 8. The highest BCUT2D eigenvalue weighted by atomic mass is 35.5. The molecule has 1 saturated heterocycles. The average molecular weight is 403 g/mol. The molecule has 2 atom stereocenters. The minimum atomic E-state index is -0.599. The van der Waals surface area contributed by atoms with E-state index in [9.17, 15) is 9.90 Å². The first-order chi connectivity index (χ1) is 13.6. The van der Waals surface area contributed by atoms with E-state index in [1.165, 1.54) is 0 Å². The van der Waals surface area contributed by atoms with Crippen LogP contribution in [0.25, 0.3) is 0 Å². The number of carbonyl (C=O) groups is 1.